The quantitative estimate of drug-likeness (QED) is 0.273. The first-order valence-corrected chi connectivity index (χ1v) is 11.6. The number of ether oxygens (including phenoxy) is 2. The lowest BCUT2D eigenvalue weighted by Gasteiger charge is -2.26. The maximum atomic E-state index is 13.3. The van der Waals surface area contributed by atoms with Gasteiger partial charge < -0.3 is 14.6 Å². The van der Waals surface area contributed by atoms with Crippen LogP contribution in [0.15, 0.2) is 78.4 Å². The highest BCUT2D eigenvalue weighted by Gasteiger charge is 2.47. The zero-order chi connectivity index (χ0) is 25.1. The average molecular weight is 472 g/mol. The van der Waals surface area contributed by atoms with E-state index in [0.717, 1.165) is 12.0 Å². The highest BCUT2D eigenvalue weighted by molar-refractivity contribution is 6.51. The van der Waals surface area contributed by atoms with Crippen molar-refractivity contribution < 1.29 is 24.2 Å². The van der Waals surface area contributed by atoms with Gasteiger partial charge in [0.25, 0.3) is 11.7 Å². The third kappa shape index (κ3) is 4.78. The number of aliphatic hydroxyl groups excluding tert-OH is 1. The van der Waals surface area contributed by atoms with Crippen molar-refractivity contribution in [3.05, 3.63) is 95.1 Å². The first-order chi connectivity index (χ1) is 16.8. The number of Topliss-reactive ketones (excluding diaryl/α,β-unsaturated/α-hetero) is 1. The standard InChI is InChI=1S/C29H29NO5/c1-5-19-9-11-20(12-10-19)27(31)25-26(21-7-6-8-24(17-21)34-4)30(29(33)28(25)32)22-13-15-23(16-14-22)35-18(2)3/h6-18,26,31H,5H2,1-4H3/b27-25-. The van der Waals surface area contributed by atoms with Crippen molar-refractivity contribution in [3.8, 4) is 11.5 Å². The molecular weight excluding hydrogens is 442 g/mol. The predicted molar refractivity (Wildman–Crippen MR) is 136 cm³/mol. The number of aliphatic hydroxyl groups is 1. The molecule has 6 heteroatoms. The van der Waals surface area contributed by atoms with Crippen LogP contribution in [0.25, 0.3) is 5.76 Å². The van der Waals surface area contributed by atoms with Gasteiger partial charge in [-0.3, -0.25) is 14.5 Å². The van der Waals surface area contributed by atoms with E-state index in [0.29, 0.717) is 28.3 Å². The van der Waals surface area contributed by atoms with Gasteiger partial charge >= 0.3 is 0 Å². The number of amides is 1. The third-order valence-electron chi connectivity index (χ3n) is 5.98. The Balaban J connectivity index is 1.87. The summed E-state index contributed by atoms with van der Waals surface area (Å²) in [5, 5.41) is 11.3. The fraction of sp³-hybridized carbons (Fsp3) is 0.241. The number of ketones is 1. The van der Waals surface area contributed by atoms with Gasteiger partial charge in [-0.1, -0.05) is 43.3 Å². The van der Waals surface area contributed by atoms with E-state index in [2.05, 4.69) is 0 Å². The Hall–Kier alpha value is -4.06. The molecular formula is C29H29NO5. The molecule has 1 aliphatic rings. The van der Waals surface area contributed by atoms with Crippen LogP contribution >= 0.6 is 0 Å². The van der Waals surface area contributed by atoms with Crippen LogP contribution in [0.4, 0.5) is 5.69 Å². The molecule has 0 bridgehead atoms. The third-order valence-corrected chi connectivity index (χ3v) is 5.98. The smallest absolute Gasteiger partial charge is 0.300 e. The summed E-state index contributed by atoms with van der Waals surface area (Å²) in [6, 6.07) is 20.7. The number of carbonyl (C=O) groups excluding carboxylic acids is 2. The summed E-state index contributed by atoms with van der Waals surface area (Å²) >= 11 is 0. The lowest BCUT2D eigenvalue weighted by molar-refractivity contribution is -0.132. The number of benzene rings is 3. The highest BCUT2D eigenvalue weighted by atomic mass is 16.5. The minimum atomic E-state index is -0.826. The summed E-state index contributed by atoms with van der Waals surface area (Å²) in [5.74, 6) is -0.407. The second-order valence-electron chi connectivity index (χ2n) is 8.66. The molecule has 1 saturated heterocycles. The van der Waals surface area contributed by atoms with Crippen molar-refractivity contribution >= 4 is 23.1 Å². The number of methoxy groups -OCH3 is 1. The molecule has 0 aliphatic carbocycles. The lowest BCUT2D eigenvalue weighted by Crippen LogP contribution is -2.29. The Kier molecular flexibility index (Phi) is 6.92. The minimum Gasteiger partial charge on any atom is -0.507 e. The SMILES string of the molecule is CCc1ccc(/C(O)=C2/C(=O)C(=O)N(c3ccc(OC(C)C)cc3)C2c2cccc(OC)c2)cc1. The summed E-state index contributed by atoms with van der Waals surface area (Å²) in [6.07, 6.45) is 0.858. The zero-order valence-corrected chi connectivity index (χ0v) is 20.3. The van der Waals surface area contributed by atoms with Gasteiger partial charge in [-0.25, -0.2) is 0 Å². The number of anilines is 1. The molecule has 1 amide bonds. The van der Waals surface area contributed by atoms with Crippen LogP contribution in [0.1, 0.15) is 43.5 Å². The van der Waals surface area contributed by atoms with Gasteiger partial charge in [0.05, 0.1) is 24.8 Å². The Labute approximate surface area is 205 Å². The van der Waals surface area contributed by atoms with Crippen LogP contribution in [0.5, 0.6) is 11.5 Å². The normalized spacial score (nSPS) is 17.2. The zero-order valence-electron chi connectivity index (χ0n) is 20.3. The van der Waals surface area contributed by atoms with E-state index >= 15 is 0 Å². The molecule has 3 aromatic rings. The van der Waals surface area contributed by atoms with Crippen LogP contribution in [-0.2, 0) is 16.0 Å². The van der Waals surface area contributed by atoms with E-state index < -0.39 is 17.7 Å². The lowest BCUT2D eigenvalue weighted by atomic mass is 9.94. The van der Waals surface area contributed by atoms with Gasteiger partial charge in [0.15, 0.2) is 0 Å². The molecule has 1 aliphatic heterocycles. The number of hydrogen-bond acceptors (Lipinski definition) is 5. The van der Waals surface area contributed by atoms with Crippen molar-refractivity contribution in [1.29, 1.82) is 0 Å². The molecule has 1 fully saturated rings. The predicted octanol–water partition coefficient (Wildman–Crippen LogP) is 5.67. The van der Waals surface area contributed by atoms with Gasteiger partial charge in [-0.05, 0) is 67.8 Å². The van der Waals surface area contributed by atoms with E-state index in [1.165, 1.54) is 4.90 Å². The van der Waals surface area contributed by atoms with E-state index in [1.807, 2.05) is 39.0 Å². The molecule has 180 valence electrons. The van der Waals surface area contributed by atoms with Crippen LogP contribution < -0.4 is 14.4 Å². The molecule has 1 unspecified atom stereocenters. The molecule has 0 saturated carbocycles. The molecule has 1 atom stereocenters. The highest BCUT2D eigenvalue weighted by Crippen LogP contribution is 2.43. The van der Waals surface area contributed by atoms with Crippen LogP contribution in [-0.4, -0.2) is 30.0 Å². The Bertz CT molecular complexity index is 1260. The van der Waals surface area contributed by atoms with Gasteiger partial charge in [-0.15, -0.1) is 0 Å². The van der Waals surface area contributed by atoms with E-state index in [-0.39, 0.29) is 17.4 Å². The molecule has 0 spiro atoms. The summed E-state index contributed by atoms with van der Waals surface area (Å²) < 4.78 is 11.1. The molecule has 0 radical (unpaired) electrons. The molecule has 0 aromatic heterocycles. The van der Waals surface area contributed by atoms with Crippen LogP contribution in [0.3, 0.4) is 0 Å². The molecule has 1 N–H and O–H groups in total. The Morgan fingerprint density at radius 2 is 1.66 bits per heavy atom. The van der Waals surface area contributed by atoms with Crippen LogP contribution in [0, 0.1) is 0 Å². The molecule has 3 aromatic carbocycles. The fourth-order valence-electron chi connectivity index (χ4n) is 4.24. The van der Waals surface area contributed by atoms with Gasteiger partial charge in [0.1, 0.15) is 17.3 Å². The van der Waals surface area contributed by atoms with Crippen molar-refractivity contribution in [1.82, 2.24) is 0 Å². The average Bonchev–Trinajstić information content (AvgIpc) is 3.14. The number of nitrogens with zero attached hydrogens (tertiary/aromatic N) is 1. The second kappa shape index (κ2) is 10.1. The minimum absolute atomic E-state index is 0.00552. The van der Waals surface area contributed by atoms with Gasteiger partial charge in [0.2, 0.25) is 0 Å². The molecule has 4 rings (SSSR count). The van der Waals surface area contributed by atoms with Crippen molar-refractivity contribution in [2.24, 2.45) is 0 Å². The summed E-state index contributed by atoms with van der Waals surface area (Å²) in [4.78, 5) is 28.1. The summed E-state index contributed by atoms with van der Waals surface area (Å²) in [7, 11) is 1.55. The van der Waals surface area contributed by atoms with E-state index in [1.54, 1.807) is 61.7 Å². The summed E-state index contributed by atoms with van der Waals surface area (Å²) in [5.41, 5.74) is 2.80. The van der Waals surface area contributed by atoms with Crippen molar-refractivity contribution in [3.63, 3.8) is 0 Å². The number of rotatable bonds is 7. The largest absolute Gasteiger partial charge is 0.507 e. The fourth-order valence-corrected chi connectivity index (χ4v) is 4.24. The molecule has 6 nitrogen and oxygen atoms in total. The first kappa shape index (κ1) is 24.1. The van der Waals surface area contributed by atoms with Crippen molar-refractivity contribution in [2.45, 2.75) is 39.3 Å². The summed E-state index contributed by atoms with van der Waals surface area (Å²) in [6.45, 7) is 5.91. The topological polar surface area (TPSA) is 76.1 Å². The second-order valence-corrected chi connectivity index (χ2v) is 8.66. The Morgan fingerprint density at radius 1 is 0.971 bits per heavy atom. The molecule has 35 heavy (non-hydrogen) atoms. The maximum absolute atomic E-state index is 13.3. The van der Waals surface area contributed by atoms with E-state index in [9.17, 15) is 14.7 Å². The number of carbonyl (C=O) groups is 2. The Morgan fingerprint density at radius 3 is 2.26 bits per heavy atom. The van der Waals surface area contributed by atoms with Gasteiger partial charge in [0, 0.05) is 11.3 Å². The number of hydrogen-bond donors (Lipinski definition) is 1. The number of aryl methyl sites for hydroxylation is 1. The monoisotopic (exact) mass is 471 g/mol. The van der Waals surface area contributed by atoms with Crippen LogP contribution in [0.2, 0.25) is 0 Å². The molecule has 1 heterocycles. The van der Waals surface area contributed by atoms with Crippen molar-refractivity contribution in [2.75, 3.05) is 12.0 Å². The first-order valence-electron chi connectivity index (χ1n) is 11.6. The maximum Gasteiger partial charge on any atom is 0.300 e. The van der Waals surface area contributed by atoms with Gasteiger partial charge in [-0.2, -0.15) is 0 Å². The van der Waals surface area contributed by atoms with E-state index in [4.69, 9.17) is 9.47 Å².